The van der Waals surface area contributed by atoms with Crippen LogP contribution in [0.2, 0.25) is 0 Å². The van der Waals surface area contributed by atoms with Gasteiger partial charge in [-0.2, -0.15) is 5.10 Å². The van der Waals surface area contributed by atoms with Crippen molar-refractivity contribution in [3.05, 3.63) is 41.9 Å². The minimum absolute atomic E-state index is 0.0272. The van der Waals surface area contributed by atoms with Gasteiger partial charge in [-0.1, -0.05) is 12.1 Å². The van der Waals surface area contributed by atoms with Crippen molar-refractivity contribution in [3.63, 3.8) is 0 Å². The average molecular weight is 268 g/mol. The number of hydrogen-bond donors (Lipinski definition) is 2. The summed E-state index contributed by atoms with van der Waals surface area (Å²) in [5.41, 5.74) is 13.4. The number of benzene rings is 1. The first-order valence-electron chi connectivity index (χ1n) is 5.95. The smallest absolute Gasteiger partial charge is 0.271 e. The number of fused-ring (bicyclic) bond motifs is 1. The van der Waals surface area contributed by atoms with Gasteiger partial charge in [0.05, 0.1) is 28.6 Å². The Morgan fingerprint density at radius 1 is 1.20 bits per heavy atom. The molecule has 0 aliphatic rings. The highest BCUT2D eigenvalue weighted by molar-refractivity contribution is 5.95. The summed E-state index contributed by atoms with van der Waals surface area (Å²) < 4.78 is 1.42. The van der Waals surface area contributed by atoms with Crippen molar-refractivity contribution in [2.24, 2.45) is 5.73 Å². The lowest BCUT2D eigenvalue weighted by atomic mass is 10.3. The maximum Gasteiger partial charge on any atom is 0.271 e. The average Bonchev–Trinajstić information content (AvgIpc) is 2.80. The summed E-state index contributed by atoms with van der Waals surface area (Å²) in [5, 5.41) is 4.06. The van der Waals surface area contributed by atoms with Gasteiger partial charge in [0.2, 0.25) is 0 Å². The Morgan fingerprint density at radius 3 is 2.45 bits per heavy atom. The number of nitrogens with two attached hydrogens (primary N) is 2. The number of aromatic nitrogens is 4. The predicted octanol–water partition coefficient (Wildman–Crippen LogP) is 0.805. The van der Waals surface area contributed by atoms with Gasteiger partial charge in [-0.05, 0) is 19.1 Å². The van der Waals surface area contributed by atoms with Crippen LogP contribution >= 0.6 is 0 Å². The van der Waals surface area contributed by atoms with Gasteiger partial charge in [0.15, 0.2) is 11.5 Å². The lowest BCUT2D eigenvalue weighted by Crippen LogP contribution is -2.14. The molecule has 0 saturated heterocycles. The Labute approximate surface area is 114 Å². The van der Waals surface area contributed by atoms with E-state index in [1.165, 1.54) is 10.9 Å². The van der Waals surface area contributed by atoms with Crippen LogP contribution < -0.4 is 11.5 Å². The molecule has 2 heterocycles. The molecule has 20 heavy (non-hydrogen) atoms. The third-order valence-electron chi connectivity index (χ3n) is 2.91. The highest BCUT2D eigenvalue weighted by atomic mass is 16.1. The molecule has 0 bridgehead atoms. The number of para-hydroxylation sites is 2. The lowest BCUT2D eigenvalue weighted by Gasteiger charge is -2.05. The quantitative estimate of drug-likeness (QED) is 0.714. The number of nitrogens with zero attached hydrogens (tertiary/aromatic N) is 4. The zero-order chi connectivity index (χ0) is 14.3. The second kappa shape index (κ2) is 4.30. The molecule has 100 valence electrons. The molecule has 1 amide bonds. The minimum atomic E-state index is -0.673. The molecule has 0 spiro atoms. The van der Waals surface area contributed by atoms with Gasteiger partial charge < -0.3 is 11.5 Å². The van der Waals surface area contributed by atoms with Crippen LogP contribution in [0.5, 0.6) is 0 Å². The second-order valence-electron chi connectivity index (χ2n) is 4.36. The van der Waals surface area contributed by atoms with Gasteiger partial charge in [-0.25, -0.2) is 14.6 Å². The molecule has 0 saturated carbocycles. The number of primary amides is 1. The van der Waals surface area contributed by atoms with Gasteiger partial charge in [-0.15, -0.1) is 0 Å². The van der Waals surface area contributed by atoms with Crippen LogP contribution in [0.1, 0.15) is 16.2 Å². The van der Waals surface area contributed by atoms with E-state index in [2.05, 4.69) is 15.1 Å². The molecular formula is C13H12N6O. The third-order valence-corrected chi connectivity index (χ3v) is 2.91. The molecule has 1 aromatic carbocycles. The van der Waals surface area contributed by atoms with E-state index >= 15 is 0 Å². The number of aryl methyl sites for hydroxylation is 1. The normalized spacial score (nSPS) is 10.8. The zero-order valence-corrected chi connectivity index (χ0v) is 10.7. The summed E-state index contributed by atoms with van der Waals surface area (Å²) in [6.45, 7) is 1.82. The fraction of sp³-hybridized carbons (Fsp3) is 0.0769. The van der Waals surface area contributed by atoms with Crippen LogP contribution in [0.15, 0.2) is 30.5 Å². The summed E-state index contributed by atoms with van der Waals surface area (Å²) in [6.07, 6.45) is 1.51. The van der Waals surface area contributed by atoms with E-state index in [-0.39, 0.29) is 11.4 Å². The predicted molar refractivity (Wildman–Crippen MR) is 74.3 cm³/mol. The highest BCUT2D eigenvalue weighted by Crippen LogP contribution is 2.17. The van der Waals surface area contributed by atoms with E-state index in [0.29, 0.717) is 11.5 Å². The van der Waals surface area contributed by atoms with Crippen molar-refractivity contribution >= 4 is 22.6 Å². The van der Waals surface area contributed by atoms with Gasteiger partial charge in [0, 0.05) is 0 Å². The van der Waals surface area contributed by atoms with Gasteiger partial charge >= 0.3 is 0 Å². The van der Waals surface area contributed by atoms with E-state index in [4.69, 9.17) is 11.5 Å². The number of amides is 1. The van der Waals surface area contributed by atoms with E-state index < -0.39 is 5.91 Å². The highest BCUT2D eigenvalue weighted by Gasteiger charge is 2.15. The molecule has 7 heteroatoms. The van der Waals surface area contributed by atoms with E-state index in [1.807, 2.05) is 31.2 Å². The first kappa shape index (κ1) is 12.1. The maximum absolute atomic E-state index is 11.2. The summed E-state index contributed by atoms with van der Waals surface area (Å²) in [5.74, 6) is -0.157. The topological polar surface area (TPSA) is 113 Å². The molecule has 0 fully saturated rings. The van der Waals surface area contributed by atoms with Crippen molar-refractivity contribution in [2.75, 3.05) is 5.73 Å². The fourth-order valence-electron chi connectivity index (χ4n) is 1.98. The monoisotopic (exact) mass is 268 g/mol. The molecule has 0 radical (unpaired) electrons. The number of carbonyl (C=O) groups excluding carboxylic acids is 1. The molecule has 0 aliphatic heterocycles. The molecule has 0 unspecified atom stereocenters. The van der Waals surface area contributed by atoms with Crippen molar-refractivity contribution in [3.8, 4) is 5.82 Å². The van der Waals surface area contributed by atoms with Crippen molar-refractivity contribution in [2.45, 2.75) is 6.92 Å². The zero-order valence-electron chi connectivity index (χ0n) is 10.7. The Bertz CT molecular complexity index is 823. The Balaban J connectivity index is 2.21. The molecule has 0 atom stereocenters. The third kappa shape index (κ3) is 1.85. The maximum atomic E-state index is 11.2. The van der Waals surface area contributed by atoms with Crippen LogP contribution in [-0.4, -0.2) is 25.7 Å². The molecule has 4 N–H and O–H groups in total. The Hall–Kier alpha value is -2.96. The van der Waals surface area contributed by atoms with Crippen molar-refractivity contribution in [1.29, 1.82) is 0 Å². The standard InChI is InChI=1S/C13H12N6O/c1-7-13(17-10-5-3-2-4-9(10)16-7)19-6-8(14)11(18-19)12(15)20/h2-6H,14H2,1H3,(H2,15,20). The number of anilines is 1. The summed E-state index contributed by atoms with van der Waals surface area (Å²) in [7, 11) is 0. The largest absolute Gasteiger partial charge is 0.396 e. The number of hydrogen-bond acceptors (Lipinski definition) is 5. The van der Waals surface area contributed by atoms with E-state index in [1.54, 1.807) is 0 Å². The Kier molecular flexibility index (Phi) is 2.60. The molecule has 0 aliphatic carbocycles. The van der Waals surface area contributed by atoms with Crippen LogP contribution in [0.4, 0.5) is 5.69 Å². The van der Waals surface area contributed by atoms with E-state index in [9.17, 15) is 4.79 Å². The number of nitrogen functional groups attached to an aromatic ring is 1. The van der Waals surface area contributed by atoms with Crippen LogP contribution in [0, 0.1) is 6.92 Å². The van der Waals surface area contributed by atoms with Gasteiger partial charge in [0.25, 0.3) is 5.91 Å². The summed E-state index contributed by atoms with van der Waals surface area (Å²) in [6, 6.07) is 7.51. The second-order valence-corrected chi connectivity index (χ2v) is 4.36. The number of rotatable bonds is 2. The molecule has 7 nitrogen and oxygen atoms in total. The van der Waals surface area contributed by atoms with Crippen LogP contribution in [-0.2, 0) is 0 Å². The fourth-order valence-corrected chi connectivity index (χ4v) is 1.98. The van der Waals surface area contributed by atoms with E-state index in [0.717, 1.165) is 11.0 Å². The van der Waals surface area contributed by atoms with Gasteiger partial charge in [-0.3, -0.25) is 4.79 Å². The van der Waals surface area contributed by atoms with Crippen LogP contribution in [0.25, 0.3) is 16.9 Å². The van der Waals surface area contributed by atoms with Crippen LogP contribution in [0.3, 0.4) is 0 Å². The molecule has 2 aromatic heterocycles. The minimum Gasteiger partial charge on any atom is -0.396 e. The number of carbonyl (C=O) groups is 1. The van der Waals surface area contributed by atoms with Crippen molar-refractivity contribution in [1.82, 2.24) is 19.7 Å². The lowest BCUT2D eigenvalue weighted by molar-refractivity contribution is 0.0996. The molecular weight excluding hydrogens is 256 g/mol. The summed E-state index contributed by atoms with van der Waals surface area (Å²) >= 11 is 0. The summed E-state index contributed by atoms with van der Waals surface area (Å²) in [4.78, 5) is 20.1. The molecule has 3 aromatic rings. The molecule has 3 rings (SSSR count). The first-order valence-corrected chi connectivity index (χ1v) is 5.95. The van der Waals surface area contributed by atoms with Gasteiger partial charge in [0.1, 0.15) is 0 Å². The Morgan fingerprint density at radius 2 is 1.85 bits per heavy atom. The first-order chi connectivity index (χ1) is 9.56. The van der Waals surface area contributed by atoms with Crippen molar-refractivity contribution < 1.29 is 4.79 Å². The SMILES string of the molecule is Cc1nc2ccccc2nc1-n1cc(N)c(C(N)=O)n1.